The molecule has 0 spiro atoms. The van der Waals surface area contributed by atoms with E-state index in [2.05, 4.69) is 44.0 Å². The predicted octanol–water partition coefficient (Wildman–Crippen LogP) is 3.06. The minimum atomic E-state index is 0.296. The van der Waals surface area contributed by atoms with Crippen LogP contribution in [0.1, 0.15) is 46.3 Å². The van der Waals surface area contributed by atoms with E-state index in [9.17, 15) is 0 Å². The van der Waals surface area contributed by atoms with Gasteiger partial charge in [0.15, 0.2) is 0 Å². The highest BCUT2D eigenvalue weighted by atomic mass is 16.3. The van der Waals surface area contributed by atoms with Crippen molar-refractivity contribution in [3.63, 3.8) is 0 Å². The molecule has 1 aromatic heterocycles. The highest BCUT2D eigenvalue weighted by molar-refractivity contribution is 5.03. The number of piperazine rings is 1. The molecule has 1 aromatic rings. The van der Waals surface area contributed by atoms with Crippen molar-refractivity contribution >= 4 is 0 Å². The van der Waals surface area contributed by atoms with E-state index in [1.165, 1.54) is 12.8 Å². The summed E-state index contributed by atoms with van der Waals surface area (Å²) in [4.78, 5) is 2.64. The molecule has 0 radical (unpaired) electrons. The fourth-order valence-corrected chi connectivity index (χ4v) is 3.19. The van der Waals surface area contributed by atoms with Gasteiger partial charge in [0.2, 0.25) is 0 Å². The van der Waals surface area contributed by atoms with Crippen LogP contribution in [-0.2, 0) is 6.42 Å². The summed E-state index contributed by atoms with van der Waals surface area (Å²) in [6.07, 6.45) is 5.16. The molecule has 0 aliphatic carbocycles. The molecule has 3 heteroatoms. The van der Waals surface area contributed by atoms with Gasteiger partial charge in [-0.2, -0.15) is 0 Å². The van der Waals surface area contributed by atoms with Crippen LogP contribution in [0.15, 0.2) is 22.8 Å². The van der Waals surface area contributed by atoms with Gasteiger partial charge in [0, 0.05) is 37.1 Å². The first-order chi connectivity index (χ1) is 9.10. The van der Waals surface area contributed by atoms with Crippen molar-refractivity contribution in [3.8, 4) is 0 Å². The summed E-state index contributed by atoms with van der Waals surface area (Å²) in [5, 5.41) is 3.76. The smallest absolute Gasteiger partial charge is 0.105 e. The molecule has 0 bridgehead atoms. The summed E-state index contributed by atoms with van der Waals surface area (Å²) in [6.45, 7) is 11.5. The Labute approximate surface area is 117 Å². The Balaban J connectivity index is 2.03. The first-order valence-corrected chi connectivity index (χ1v) is 7.63. The Bertz CT molecular complexity index is 370. The van der Waals surface area contributed by atoms with Crippen LogP contribution in [0.4, 0.5) is 0 Å². The van der Waals surface area contributed by atoms with Crippen molar-refractivity contribution in [3.05, 3.63) is 24.2 Å². The van der Waals surface area contributed by atoms with E-state index in [1.807, 2.05) is 6.07 Å². The van der Waals surface area contributed by atoms with Crippen molar-refractivity contribution in [1.29, 1.82) is 0 Å². The second-order valence-corrected chi connectivity index (χ2v) is 6.02. The highest BCUT2D eigenvalue weighted by Crippen LogP contribution is 2.25. The van der Waals surface area contributed by atoms with E-state index in [1.54, 1.807) is 6.26 Å². The minimum Gasteiger partial charge on any atom is -0.469 e. The Hall–Kier alpha value is -0.800. The van der Waals surface area contributed by atoms with Crippen molar-refractivity contribution in [2.45, 2.75) is 64.6 Å². The van der Waals surface area contributed by atoms with E-state index in [-0.39, 0.29) is 0 Å². The van der Waals surface area contributed by atoms with Gasteiger partial charge in [-0.1, -0.05) is 13.8 Å². The van der Waals surface area contributed by atoms with Crippen LogP contribution in [0.2, 0.25) is 0 Å². The van der Waals surface area contributed by atoms with Gasteiger partial charge in [0.25, 0.3) is 0 Å². The fourth-order valence-electron chi connectivity index (χ4n) is 3.19. The van der Waals surface area contributed by atoms with Gasteiger partial charge in [0.05, 0.1) is 6.26 Å². The number of hydrogen-bond acceptors (Lipinski definition) is 3. The predicted molar refractivity (Wildman–Crippen MR) is 79.4 cm³/mol. The van der Waals surface area contributed by atoms with Crippen LogP contribution in [0.3, 0.4) is 0 Å². The molecule has 2 heterocycles. The van der Waals surface area contributed by atoms with E-state index in [0.29, 0.717) is 17.6 Å². The number of hydrogen-bond donors (Lipinski definition) is 1. The first-order valence-electron chi connectivity index (χ1n) is 7.63. The summed E-state index contributed by atoms with van der Waals surface area (Å²) in [5.74, 6) is 1.09. The maximum atomic E-state index is 5.49. The zero-order chi connectivity index (χ0) is 13.9. The maximum absolute atomic E-state index is 5.49. The summed E-state index contributed by atoms with van der Waals surface area (Å²) in [7, 11) is 0. The zero-order valence-corrected chi connectivity index (χ0v) is 12.8. The van der Waals surface area contributed by atoms with Crippen molar-refractivity contribution in [2.24, 2.45) is 0 Å². The Morgan fingerprint density at radius 1 is 1.47 bits per heavy atom. The Morgan fingerprint density at radius 2 is 2.21 bits per heavy atom. The van der Waals surface area contributed by atoms with Gasteiger partial charge < -0.3 is 9.73 Å². The standard InChI is InChI=1S/C16H28N2O/c1-5-16(6-2)12-18(14(4)11-17-16)13(3)10-15-8-7-9-19-15/h7-9,13-14,17H,5-6,10-12H2,1-4H3. The summed E-state index contributed by atoms with van der Waals surface area (Å²) >= 11 is 0. The molecule has 0 aromatic carbocycles. The van der Waals surface area contributed by atoms with Gasteiger partial charge in [-0.3, -0.25) is 4.90 Å². The maximum Gasteiger partial charge on any atom is 0.105 e. The molecule has 108 valence electrons. The molecule has 2 unspecified atom stereocenters. The average molecular weight is 264 g/mol. The Morgan fingerprint density at radius 3 is 2.79 bits per heavy atom. The van der Waals surface area contributed by atoms with Crippen molar-refractivity contribution in [1.82, 2.24) is 10.2 Å². The lowest BCUT2D eigenvalue weighted by molar-refractivity contribution is 0.0485. The second kappa shape index (κ2) is 6.10. The van der Waals surface area contributed by atoms with Gasteiger partial charge in [-0.05, 0) is 38.8 Å². The van der Waals surface area contributed by atoms with Crippen LogP contribution < -0.4 is 5.32 Å². The SMILES string of the molecule is CCC1(CC)CN(C(C)Cc2ccco2)C(C)CN1. The average Bonchev–Trinajstić information content (AvgIpc) is 2.92. The minimum absolute atomic E-state index is 0.296. The molecule has 1 N–H and O–H groups in total. The van der Waals surface area contributed by atoms with E-state index >= 15 is 0 Å². The third-order valence-electron chi connectivity index (χ3n) is 4.82. The highest BCUT2D eigenvalue weighted by Gasteiger charge is 2.36. The molecule has 3 nitrogen and oxygen atoms in total. The molecular weight excluding hydrogens is 236 g/mol. The largest absolute Gasteiger partial charge is 0.469 e. The molecule has 2 rings (SSSR count). The molecule has 0 saturated carbocycles. The van der Waals surface area contributed by atoms with Crippen LogP contribution in [0.25, 0.3) is 0 Å². The molecule has 1 saturated heterocycles. The van der Waals surface area contributed by atoms with Gasteiger partial charge in [0.1, 0.15) is 5.76 Å². The van der Waals surface area contributed by atoms with Crippen LogP contribution in [-0.4, -0.2) is 35.6 Å². The normalized spacial score (nSPS) is 25.4. The van der Waals surface area contributed by atoms with Crippen LogP contribution >= 0.6 is 0 Å². The second-order valence-electron chi connectivity index (χ2n) is 6.02. The third-order valence-corrected chi connectivity index (χ3v) is 4.82. The lowest BCUT2D eigenvalue weighted by Crippen LogP contribution is -2.65. The molecule has 1 fully saturated rings. The summed E-state index contributed by atoms with van der Waals surface area (Å²) in [6, 6.07) is 5.18. The summed E-state index contributed by atoms with van der Waals surface area (Å²) < 4.78 is 5.49. The quantitative estimate of drug-likeness (QED) is 0.886. The topological polar surface area (TPSA) is 28.4 Å². The number of nitrogens with zero attached hydrogens (tertiary/aromatic N) is 1. The summed E-state index contributed by atoms with van der Waals surface area (Å²) in [5.41, 5.74) is 0.296. The molecule has 19 heavy (non-hydrogen) atoms. The molecular formula is C16H28N2O. The third kappa shape index (κ3) is 3.21. The first kappa shape index (κ1) is 14.6. The van der Waals surface area contributed by atoms with Crippen LogP contribution in [0, 0.1) is 0 Å². The van der Waals surface area contributed by atoms with E-state index in [4.69, 9.17) is 4.42 Å². The number of furan rings is 1. The monoisotopic (exact) mass is 264 g/mol. The number of nitrogens with one attached hydrogen (secondary N) is 1. The van der Waals surface area contributed by atoms with Crippen LogP contribution in [0.5, 0.6) is 0 Å². The van der Waals surface area contributed by atoms with Gasteiger partial charge in [-0.25, -0.2) is 0 Å². The molecule has 1 aliphatic rings. The molecule has 2 atom stereocenters. The van der Waals surface area contributed by atoms with E-state index < -0.39 is 0 Å². The van der Waals surface area contributed by atoms with Crippen molar-refractivity contribution in [2.75, 3.05) is 13.1 Å². The molecule has 0 amide bonds. The fraction of sp³-hybridized carbons (Fsp3) is 0.750. The molecule has 1 aliphatic heterocycles. The van der Waals surface area contributed by atoms with E-state index in [0.717, 1.165) is 25.3 Å². The lowest BCUT2D eigenvalue weighted by Gasteiger charge is -2.48. The van der Waals surface area contributed by atoms with Crippen molar-refractivity contribution < 1.29 is 4.42 Å². The van der Waals surface area contributed by atoms with Gasteiger partial charge in [-0.15, -0.1) is 0 Å². The lowest BCUT2D eigenvalue weighted by atomic mass is 9.87. The Kier molecular flexibility index (Phi) is 4.69. The zero-order valence-electron chi connectivity index (χ0n) is 12.8. The number of rotatable bonds is 5. The van der Waals surface area contributed by atoms with Gasteiger partial charge >= 0.3 is 0 Å².